The van der Waals surface area contributed by atoms with Crippen molar-refractivity contribution in [1.29, 1.82) is 0 Å². The molecule has 0 aromatic carbocycles. The summed E-state index contributed by atoms with van der Waals surface area (Å²) in [4.78, 5) is 13.4. The molecule has 0 fully saturated rings. The molecule has 3 aromatic rings. The van der Waals surface area contributed by atoms with E-state index < -0.39 is 0 Å². The summed E-state index contributed by atoms with van der Waals surface area (Å²) in [5.41, 5.74) is 8.61. The van der Waals surface area contributed by atoms with Crippen molar-refractivity contribution in [3.63, 3.8) is 0 Å². The van der Waals surface area contributed by atoms with E-state index in [9.17, 15) is 0 Å². The maximum absolute atomic E-state index is 5.95. The first-order valence-electron chi connectivity index (χ1n) is 5.62. The smallest absolute Gasteiger partial charge is 0.270 e. The predicted molar refractivity (Wildman–Crippen MR) is 72.5 cm³/mol. The molecule has 0 aliphatic rings. The Morgan fingerprint density at radius 3 is 2.53 bits per heavy atom. The number of hydrogen-bond donors (Lipinski definition) is 1. The van der Waals surface area contributed by atoms with Crippen LogP contribution in [0.4, 0.5) is 5.69 Å². The van der Waals surface area contributed by atoms with Crippen LogP contribution in [0.3, 0.4) is 0 Å². The number of thiophene rings is 1. The molecule has 3 rings (SSSR count). The van der Waals surface area contributed by atoms with E-state index >= 15 is 0 Å². The van der Waals surface area contributed by atoms with E-state index in [2.05, 4.69) is 20.1 Å². The van der Waals surface area contributed by atoms with Gasteiger partial charge in [0.15, 0.2) is 0 Å². The first kappa shape index (κ1) is 11.8. The van der Waals surface area contributed by atoms with Gasteiger partial charge in [-0.05, 0) is 30.4 Å². The number of nitrogen functional groups attached to an aromatic ring is 1. The van der Waals surface area contributed by atoms with Crippen molar-refractivity contribution < 1.29 is 4.52 Å². The largest absolute Gasteiger partial charge is 0.397 e. The molecule has 7 heteroatoms. The molecule has 6 nitrogen and oxygen atoms in total. The van der Waals surface area contributed by atoms with Crippen LogP contribution in [0.15, 0.2) is 22.3 Å². The summed E-state index contributed by atoms with van der Waals surface area (Å²) in [7, 11) is 0. The molecule has 0 bridgehead atoms. The van der Waals surface area contributed by atoms with E-state index in [1.807, 2.05) is 19.2 Å². The first-order chi connectivity index (χ1) is 9.15. The lowest BCUT2D eigenvalue weighted by atomic mass is 10.3. The maximum atomic E-state index is 5.95. The number of rotatable bonds is 2. The summed E-state index contributed by atoms with van der Waals surface area (Å²) in [6, 6.07) is 0. The van der Waals surface area contributed by atoms with E-state index in [0.717, 1.165) is 16.0 Å². The average Bonchev–Trinajstić information content (AvgIpc) is 2.99. The average molecular weight is 273 g/mol. The number of hydrogen-bond acceptors (Lipinski definition) is 7. The molecule has 0 amide bonds. The number of nitrogens with zero attached hydrogens (tertiary/aromatic N) is 4. The van der Waals surface area contributed by atoms with Gasteiger partial charge < -0.3 is 10.3 Å². The lowest BCUT2D eigenvalue weighted by Gasteiger charge is -1.93. The summed E-state index contributed by atoms with van der Waals surface area (Å²) < 4.78 is 5.22. The maximum Gasteiger partial charge on any atom is 0.270 e. The summed E-state index contributed by atoms with van der Waals surface area (Å²) in [6.07, 6.45) is 3.42. The van der Waals surface area contributed by atoms with Gasteiger partial charge in [-0.15, -0.1) is 11.3 Å². The van der Waals surface area contributed by atoms with Gasteiger partial charge in [-0.25, -0.2) is 9.97 Å². The van der Waals surface area contributed by atoms with Crippen LogP contribution in [0, 0.1) is 13.8 Å². The standard InChI is InChI=1S/C12H11N5OS/c1-6-3-14-10(15-4-6)11-16-12(18-17-11)9-8(13)7(2)5-19-9/h3-5H,13H2,1-2H3. The van der Waals surface area contributed by atoms with Crippen LogP contribution >= 0.6 is 11.3 Å². The topological polar surface area (TPSA) is 90.7 Å². The van der Waals surface area contributed by atoms with E-state index in [-0.39, 0.29) is 0 Å². The second kappa shape index (κ2) is 4.43. The van der Waals surface area contributed by atoms with Crippen molar-refractivity contribution in [3.8, 4) is 22.4 Å². The molecule has 0 spiro atoms. The number of nitrogens with two attached hydrogens (primary N) is 1. The Morgan fingerprint density at radius 2 is 1.89 bits per heavy atom. The highest BCUT2D eigenvalue weighted by atomic mass is 32.1. The Bertz CT molecular complexity index is 716. The molecule has 3 heterocycles. The highest BCUT2D eigenvalue weighted by Crippen LogP contribution is 2.34. The van der Waals surface area contributed by atoms with Gasteiger partial charge in [0, 0.05) is 12.4 Å². The molecule has 0 aliphatic carbocycles. The lowest BCUT2D eigenvalue weighted by molar-refractivity contribution is 0.433. The van der Waals surface area contributed by atoms with Crippen LogP contribution in [0.1, 0.15) is 11.1 Å². The van der Waals surface area contributed by atoms with Crippen LogP contribution in [0.2, 0.25) is 0 Å². The minimum absolute atomic E-state index is 0.362. The van der Waals surface area contributed by atoms with E-state index in [0.29, 0.717) is 23.2 Å². The van der Waals surface area contributed by atoms with Crippen molar-refractivity contribution in [2.24, 2.45) is 0 Å². The Kier molecular flexibility index (Phi) is 2.75. The molecular weight excluding hydrogens is 262 g/mol. The molecule has 0 radical (unpaired) electrons. The van der Waals surface area contributed by atoms with Gasteiger partial charge in [0.2, 0.25) is 11.6 Å². The Morgan fingerprint density at radius 1 is 1.16 bits per heavy atom. The SMILES string of the molecule is Cc1cnc(-c2noc(-c3scc(C)c3N)n2)nc1. The van der Waals surface area contributed by atoms with Gasteiger partial charge in [-0.2, -0.15) is 4.98 Å². The molecule has 19 heavy (non-hydrogen) atoms. The fraction of sp³-hybridized carbons (Fsp3) is 0.167. The van der Waals surface area contributed by atoms with Gasteiger partial charge in [0.05, 0.1) is 5.69 Å². The third-order valence-corrected chi connectivity index (χ3v) is 3.73. The fourth-order valence-corrected chi connectivity index (χ4v) is 2.43. The molecule has 0 unspecified atom stereocenters. The van der Waals surface area contributed by atoms with Crippen LogP contribution in [0.5, 0.6) is 0 Å². The van der Waals surface area contributed by atoms with E-state index in [1.54, 1.807) is 12.4 Å². The highest BCUT2D eigenvalue weighted by Gasteiger charge is 2.17. The normalized spacial score (nSPS) is 10.8. The van der Waals surface area contributed by atoms with Gasteiger partial charge in [-0.1, -0.05) is 5.16 Å². The van der Waals surface area contributed by atoms with Crippen molar-refractivity contribution in [1.82, 2.24) is 20.1 Å². The summed E-state index contributed by atoms with van der Waals surface area (Å²) in [5.74, 6) is 1.20. The fourth-order valence-electron chi connectivity index (χ4n) is 1.53. The van der Waals surface area contributed by atoms with Crippen molar-refractivity contribution in [2.75, 3.05) is 5.73 Å². The molecular formula is C12H11N5OS. The van der Waals surface area contributed by atoms with Crippen molar-refractivity contribution >= 4 is 17.0 Å². The van der Waals surface area contributed by atoms with E-state index in [1.165, 1.54) is 11.3 Å². The molecule has 0 aliphatic heterocycles. The van der Waals surface area contributed by atoms with E-state index in [4.69, 9.17) is 10.3 Å². The Hall–Kier alpha value is -2.28. The first-order valence-corrected chi connectivity index (χ1v) is 6.50. The van der Waals surface area contributed by atoms with Crippen LogP contribution in [-0.2, 0) is 0 Å². The molecule has 0 saturated carbocycles. The minimum Gasteiger partial charge on any atom is -0.397 e. The molecule has 2 N–H and O–H groups in total. The highest BCUT2D eigenvalue weighted by molar-refractivity contribution is 7.14. The van der Waals surface area contributed by atoms with Crippen molar-refractivity contribution in [2.45, 2.75) is 13.8 Å². The van der Waals surface area contributed by atoms with Gasteiger partial charge in [-0.3, -0.25) is 0 Å². The quantitative estimate of drug-likeness (QED) is 0.771. The monoisotopic (exact) mass is 273 g/mol. The zero-order chi connectivity index (χ0) is 13.4. The summed E-state index contributed by atoms with van der Waals surface area (Å²) in [6.45, 7) is 3.86. The second-order valence-electron chi connectivity index (χ2n) is 4.17. The molecule has 0 atom stereocenters. The molecule has 0 saturated heterocycles. The van der Waals surface area contributed by atoms with Crippen LogP contribution in [-0.4, -0.2) is 20.1 Å². The van der Waals surface area contributed by atoms with Crippen LogP contribution < -0.4 is 5.73 Å². The number of aryl methyl sites for hydroxylation is 2. The summed E-state index contributed by atoms with van der Waals surface area (Å²) >= 11 is 1.48. The lowest BCUT2D eigenvalue weighted by Crippen LogP contribution is -1.91. The van der Waals surface area contributed by atoms with Gasteiger partial charge >= 0.3 is 0 Å². The second-order valence-corrected chi connectivity index (χ2v) is 5.05. The predicted octanol–water partition coefficient (Wildman–Crippen LogP) is 2.45. The molecule has 3 aromatic heterocycles. The van der Waals surface area contributed by atoms with Gasteiger partial charge in [0.25, 0.3) is 5.89 Å². The summed E-state index contributed by atoms with van der Waals surface area (Å²) in [5, 5.41) is 5.84. The zero-order valence-corrected chi connectivity index (χ0v) is 11.2. The van der Waals surface area contributed by atoms with Crippen LogP contribution in [0.25, 0.3) is 22.4 Å². The zero-order valence-electron chi connectivity index (χ0n) is 10.4. The third-order valence-electron chi connectivity index (χ3n) is 2.62. The third kappa shape index (κ3) is 2.08. The minimum atomic E-state index is 0.362. The number of anilines is 1. The van der Waals surface area contributed by atoms with Gasteiger partial charge in [0.1, 0.15) is 4.88 Å². The van der Waals surface area contributed by atoms with Crippen molar-refractivity contribution in [3.05, 3.63) is 28.9 Å². The molecule has 96 valence electrons. The number of aromatic nitrogens is 4. The Labute approximate surface area is 113 Å². The Balaban J connectivity index is 2.00.